The molecule has 122 valence electrons. The van der Waals surface area contributed by atoms with E-state index < -0.39 is 11.5 Å². The number of halogens is 1. The third kappa shape index (κ3) is 2.69. The van der Waals surface area contributed by atoms with Gasteiger partial charge in [-0.25, -0.2) is 0 Å². The SMILES string of the molecule is CCn1c(=O)c(C(=O)Nc2ccccc2Br)c(O)c2ccccc21. The van der Waals surface area contributed by atoms with Gasteiger partial charge in [-0.3, -0.25) is 9.59 Å². The summed E-state index contributed by atoms with van der Waals surface area (Å²) >= 11 is 3.34. The Morgan fingerprint density at radius 2 is 1.83 bits per heavy atom. The van der Waals surface area contributed by atoms with Gasteiger partial charge < -0.3 is 15.0 Å². The minimum atomic E-state index is -0.641. The number of fused-ring (bicyclic) bond motifs is 1. The Bertz CT molecular complexity index is 995. The Morgan fingerprint density at radius 1 is 1.17 bits per heavy atom. The lowest BCUT2D eigenvalue weighted by atomic mass is 10.1. The molecule has 24 heavy (non-hydrogen) atoms. The van der Waals surface area contributed by atoms with E-state index in [0.29, 0.717) is 27.6 Å². The van der Waals surface area contributed by atoms with Crippen molar-refractivity contribution in [2.24, 2.45) is 0 Å². The van der Waals surface area contributed by atoms with E-state index in [9.17, 15) is 14.7 Å². The molecule has 2 N–H and O–H groups in total. The fraction of sp³-hybridized carbons (Fsp3) is 0.111. The fourth-order valence-electron chi connectivity index (χ4n) is 2.66. The zero-order valence-electron chi connectivity index (χ0n) is 12.9. The first kappa shape index (κ1) is 16.3. The second-order valence-corrected chi connectivity index (χ2v) is 6.08. The van der Waals surface area contributed by atoms with E-state index in [4.69, 9.17) is 0 Å². The van der Waals surface area contributed by atoms with Gasteiger partial charge in [-0.15, -0.1) is 0 Å². The first-order valence-electron chi connectivity index (χ1n) is 7.45. The quantitative estimate of drug-likeness (QED) is 0.719. The van der Waals surface area contributed by atoms with Crippen molar-refractivity contribution in [3.63, 3.8) is 0 Å². The van der Waals surface area contributed by atoms with E-state index in [1.54, 1.807) is 42.5 Å². The van der Waals surface area contributed by atoms with Crippen LogP contribution in [-0.4, -0.2) is 15.6 Å². The molecule has 6 heteroatoms. The van der Waals surface area contributed by atoms with Crippen molar-refractivity contribution < 1.29 is 9.90 Å². The molecule has 1 heterocycles. The molecule has 0 fully saturated rings. The number of nitrogens with zero attached hydrogens (tertiary/aromatic N) is 1. The molecule has 5 nitrogen and oxygen atoms in total. The number of amides is 1. The van der Waals surface area contributed by atoms with Crippen LogP contribution in [0.4, 0.5) is 5.69 Å². The molecule has 3 aromatic rings. The van der Waals surface area contributed by atoms with Crippen LogP contribution in [0.3, 0.4) is 0 Å². The van der Waals surface area contributed by atoms with Crippen molar-refractivity contribution in [1.82, 2.24) is 4.57 Å². The van der Waals surface area contributed by atoms with Crippen LogP contribution in [0, 0.1) is 0 Å². The number of hydrogen-bond acceptors (Lipinski definition) is 3. The number of aryl methyl sites for hydroxylation is 1. The number of nitrogens with one attached hydrogen (secondary N) is 1. The zero-order chi connectivity index (χ0) is 17.3. The van der Waals surface area contributed by atoms with Gasteiger partial charge in [0.25, 0.3) is 11.5 Å². The molecule has 0 aliphatic heterocycles. The minimum absolute atomic E-state index is 0.258. The van der Waals surface area contributed by atoms with Crippen molar-refractivity contribution in [3.05, 3.63) is 68.9 Å². The average molecular weight is 387 g/mol. The second kappa shape index (κ2) is 6.49. The maximum absolute atomic E-state index is 12.7. The van der Waals surface area contributed by atoms with Gasteiger partial charge >= 0.3 is 0 Å². The highest BCUT2D eigenvalue weighted by atomic mass is 79.9. The number of rotatable bonds is 3. The predicted octanol–water partition coefficient (Wildman–Crippen LogP) is 3.74. The highest BCUT2D eigenvalue weighted by Crippen LogP contribution is 2.28. The number of benzene rings is 2. The summed E-state index contributed by atoms with van der Waals surface area (Å²) in [6.45, 7) is 2.22. The zero-order valence-corrected chi connectivity index (χ0v) is 14.5. The van der Waals surface area contributed by atoms with Gasteiger partial charge in [0.1, 0.15) is 11.3 Å². The van der Waals surface area contributed by atoms with Crippen LogP contribution in [0.15, 0.2) is 57.8 Å². The summed E-state index contributed by atoms with van der Waals surface area (Å²) in [6, 6.07) is 14.0. The number of aromatic hydroxyl groups is 1. The summed E-state index contributed by atoms with van der Waals surface area (Å²) in [5, 5.41) is 13.6. The number of pyridine rings is 1. The van der Waals surface area contributed by atoms with Gasteiger partial charge in [-0.05, 0) is 47.1 Å². The van der Waals surface area contributed by atoms with Crippen molar-refractivity contribution in [2.45, 2.75) is 13.5 Å². The van der Waals surface area contributed by atoms with Gasteiger partial charge in [0.15, 0.2) is 0 Å². The molecule has 3 rings (SSSR count). The number of hydrogen-bond donors (Lipinski definition) is 2. The van der Waals surface area contributed by atoms with Gasteiger partial charge in [-0.1, -0.05) is 24.3 Å². The lowest BCUT2D eigenvalue weighted by molar-refractivity contribution is 0.102. The van der Waals surface area contributed by atoms with E-state index >= 15 is 0 Å². The maximum atomic E-state index is 12.7. The van der Waals surface area contributed by atoms with Gasteiger partial charge in [-0.2, -0.15) is 0 Å². The Labute approximate surface area is 146 Å². The average Bonchev–Trinajstić information content (AvgIpc) is 2.57. The highest BCUT2D eigenvalue weighted by molar-refractivity contribution is 9.10. The molecule has 0 atom stereocenters. The van der Waals surface area contributed by atoms with Crippen LogP contribution in [0.2, 0.25) is 0 Å². The monoisotopic (exact) mass is 386 g/mol. The van der Waals surface area contributed by atoms with Gasteiger partial charge in [0, 0.05) is 16.4 Å². The van der Waals surface area contributed by atoms with Crippen molar-refractivity contribution in [1.29, 1.82) is 0 Å². The molecule has 0 aliphatic rings. The second-order valence-electron chi connectivity index (χ2n) is 5.22. The first-order valence-corrected chi connectivity index (χ1v) is 8.24. The normalized spacial score (nSPS) is 10.8. The third-order valence-corrected chi connectivity index (χ3v) is 4.50. The van der Waals surface area contributed by atoms with Crippen LogP contribution in [-0.2, 0) is 6.54 Å². The molecule has 0 radical (unpaired) electrons. The molecule has 0 unspecified atom stereocenters. The number of aromatic nitrogens is 1. The van der Waals surface area contributed by atoms with Crippen LogP contribution in [0.25, 0.3) is 10.9 Å². The van der Waals surface area contributed by atoms with Crippen molar-refractivity contribution in [2.75, 3.05) is 5.32 Å². The number of carbonyl (C=O) groups is 1. The largest absolute Gasteiger partial charge is 0.506 e. The molecule has 0 saturated carbocycles. The summed E-state index contributed by atoms with van der Waals surface area (Å²) in [4.78, 5) is 25.3. The van der Waals surface area contributed by atoms with Crippen molar-refractivity contribution >= 4 is 38.4 Å². The number of carbonyl (C=O) groups excluding carboxylic acids is 1. The Hall–Kier alpha value is -2.60. The standard InChI is InChI=1S/C18H15BrN2O3/c1-2-21-14-10-6-3-7-11(14)16(22)15(18(21)24)17(23)20-13-9-5-4-8-12(13)19/h3-10,22H,2H2,1H3,(H,20,23). The molecule has 1 amide bonds. The van der Waals surface area contributed by atoms with E-state index in [0.717, 1.165) is 0 Å². The van der Waals surface area contributed by atoms with Crippen LogP contribution < -0.4 is 10.9 Å². The third-order valence-electron chi connectivity index (χ3n) is 3.81. The molecule has 1 aromatic heterocycles. The number of para-hydroxylation sites is 2. The lowest BCUT2D eigenvalue weighted by Gasteiger charge is -2.14. The predicted molar refractivity (Wildman–Crippen MR) is 97.6 cm³/mol. The molecular weight excluding hydrogens is 372 g/mol. The molecule has 0 saturated heterocycles. The van der Waals surface area contributed by atoms with E-state index in [2.05, 4.69) is 21.2 Å². The van der Waals surface area contributed by atoms with Gasteiger partial charge in [0.2, 0.25) is 0 Å². The van der Waals surface area contributed by atoms with E-state index in [1.807, 2.05) is 13.0 Å². The summed E-state index contributed by atoms with van der Waals surface area (Å²) in [5.74, 6) is -0.942. The maximum Gasteiger partial charge on any atom is 0.267 e. The van der Waals surface area contributed by atoms with Gasteiger partial charge in [0.05, 0.1) is 11.2 Å². The minimum Gasteiger partial charge on any atom is -0.506 e. The smallest absolute Gasteiger partial charge is 0.267 e. The molecule has 0 aliphatic carbocycles. The van der Waals surface area contributed by atoms with Crippen molar-refractivity contribution in [3.8, 4) is 5.75 Å². The molecule has 0 bridgehead atoms. The Morgan fingerprint density at radius 3 is 2.54 bits per heavy atom. The Balaban J connectivity index is 2.17. The summed E-state index contributed by atoms with van der Waals surface area (Å²) in [7, 11) is 0. The molecule has 0 spiro atoms. The topological polar surface area (TPSA) is 71.3 Å². The van der Waals surface area contributed by atoms with E-state index in [-0.39, 0.29) is 11.3 Å². The lowest BCUT2D eigenvalue weighted by Crippen LogP contribution is -2.29. The van der Waals surface area contributed by atoms with Crippen LogP contribution in [0.5, 0.6) is 5.75 Å². The molecule has 2 aromatic carbocycles. The van der Waals surface area contributed by atoms with Crippen LogP contribution >= 0.6 is 15.9 Å². The highest BCUT2D eigenvalue weighted by Gasteiger charge is 2.22. The summed E-state index contributed by atoms with van der Waals surface area (Å²) in [5.41, 5.74) is 0.349. The summed E-state index contributed by atoms with van der Waals surface area (Å²) in [6.07, 6.45) is 0. The van der Waals surface area contributed by atoms with E-state index in [1.165, 1.54) is 4.57 Å². The molecular formula is C18H15BrN2O3. The summed E-state index contributed by atoms with van der Waals surface area (Å²) < 4.78 is 2.17. The Kier molecular flexibility index (Phi) is 4.40. The number of anilines is 1. The van der Waals surface area contributed by atoms with Crippen LogP contribution in [0.1, 0.15) is 17.3 Å². The first-order chi connectivity index (χ1) is 11.5. The fourth-order valence-corrected chi connectivity index (χ4v) is 3.04.